The second-order valence-electron chi connectivity index (χ2n) is 34.8. The lowest BCUT2D eigenvalue weighted by Crippen LogP contribution is -2.69. The lowest BCUT2D eigenvalue weighted by Gasteiger charge is -2.39. The Bertz CT molecular complexity index is 5620. The zero-order chi connectivity index (χ0) is 101. The van der Waals surface area contributed by atoms with E-state index in [2.05, 4.69) is 61.8 Å². The fourth-order valence-corrected chi connectivity index (χ4v) is 16.3. The summed E-state index contributed by atoms with van der Waals surface area (Å²) >= 11 is 0. The van der Waals surface area contributed by atoms with Crippen molar-refractivity contribution in [2.45, 2.75) is 238 Å². The van der Waals surface area contributed by atoms with Crippen LogP contribution >= 0.6 is 0 Å². The molecule has 0 fully saturated rings. The number of benzene rings is 6. The van der Waals surface area contributed by atoms with Crippen molar-refractivity contribution in [2.75, 3.05) is 72.0 Å². The first-order chi connectivity index (χ1) is 68.2. The molecule has 0 aliphatic carbocycles. The van der Waals surface area contributed by atoms with E-state index in [4.69, 9.17) is 51.4 Å². The van der Waals surface area contributed by atoms with Crippen molar-refractivity contribution >= 4 is 109 Å². The third kappa shape index (κ3) is 32.6. The molecule has 37 nitrogen and oxygen atoms in total. The van der Waals surface area contributed by atoms with Gasteiger partial charge in [0.1, 0.15) is 60.8 Å². The van der Waals surface area contributed by atoms with Gasteiger partial charge in [-0.2, -0.15) is 15.0 Å². The summed E-state index contributed by atoms with van der Waals surface area (Å²) in [4.78, 5) is 205. The molecule has 4 atom stereocenters. The van der Waals surface area contributed by atoms with Gasteiger partial charge in [-0.05, 0) is 127 Å². The number of aromatic nitrogens is 9. The summed E-state index contributed by atoms with van der Waals surface area (Å²) in [6, 6.07) is 32.0. The van der Waals surface area contributed by atoms with Crippen molar-refractivity contribution in [1.82, 2.24) is 65.7 Å². The molecule has 141 heavy (non-hydrogen) atoms. The van der Waals surface area contributed by atoms with Crippen molar-refractivity contribution in [3.05, 3.63) is 190 Å². The highest BCUT2D eigenvalue weighted by Crippen LogP contribution is 2.38. The Labute approximate surface area is 820 Å². The van der Waals surface area contributed by atoms with Crippen LogP contribution in [0.2, 0.25) is 0 Å². The summed E-state index contributed by atoms with van der Waals surface area (Å²) in [7, 11) is 4.65. The lowest BCUT2D eigenvalue weighted by atomic mass is 9.63. The van der Waals surface area contributed by atoms with Crippen molar-refractivity contribution in [3.63, 3.8) is 0 Å². The van der Waals surface area contributed by atoms with Gasteiger partial charge in [-0.25, -0.2) is 9.97 Å². The van der Waals surface area contributed by atoms with Gasteiger partial charge < -0.3 is 83.0 Å². The summed E-state index contributed by atoms with van der Waals surface area (Å²) in [5.41, 5.74) is 29.2. The largest absolute Gasteiger partial charge is 0.487 e. The number of ether oxygens (including phenoxy) is 6. The predicted octanol–water partition coefficient (Wildman–Crippen LogP) is 10.3. The second-order valence-corrected chi connectivity index (χ2v) is 34.8. The Morgan fingerprint density at radius 3 is 1.26 bits per heavy atom. The first-order valence-electron chi connectivity index (χ1n) is 48.2. The molecule has 4 amide bonds. The maximum atomic E-state index is 17.4. The van der Waals surface area contributed by atoms with Crippen LogP contribution < -0.4 is 63.7 Å². The highest BCUT2D eigenvalue weighted by Gasteiger charge is 2.64. The van der Waals surface area contributed by atoms with E-state index in [1.807, 2.05) is 97.1 Å². The molecule has 14 N–H and O–H groups in total. The molecule has 0 saturated heterocycles. The lowest BCUT2D eigenvalue weighted by molar-refractivity contribution is -0.161. The van der Waals surface area contributed by atoms with Gasteiger partial charge in [0.2, 0.25) is 29.0 Å². The number of nitrogens with two attached hydrogens (primary N) is 4. The molecule has 4 unspecified atom stereocenters. The van der Waals surface area contributed by atoms with Crippen molar-refractivity contribution in [1.29, 1.82) is 0 Å². The smallest absolute Gasteiger partial charge is 0.320 e. The SMILES string of the molecule is CCCC(NC(=O)CCC(=O)CCc1ccc(CN)cc1)C(=O)C(C(=O)C(CCC)NC(=O)CCC(=O)CCc1ccc(CN)cc1)(C(=O)C(CCC)NC(=O)CCC(=O)CCc1ccc(CN)cc1)C(=O)C(CCCCn1cc(-c2cccc(Nc3ncnc4cc(OCCOC)c(OCCOC)cc34)c2)nn1)NC(=O)CCC(=O)CCc1ccc(Cn2c(O)nc3c(N)nc(OCCOC)nc32)cc1. The number of Topliss-reactive ketones (excluding diaryl/α,β-unsaturated/α-hetero) is 8. The molecule has 0 spiro atoms. The van der Waals surface area contributed by atoms with Gasteiger partial charge in [0.15, 0.2) is 51.6 Å². The molecule has 0 aliphatic rings. The fourth-order valence-electron chi connectivity index (χ4n) is 16.3. The number of aryl methyl sites for hydroxylation is 5. The minimum Gasteiger partial charge on any atom is -0.487 e. The summed E-state index contributed by atoms with van der Waals surface area (Å²) in [5.74, 6) is -9.48. The number of fused-ring (bicyclic) bond motifs is 2. The topological polar surface area (TPSA) is 545 Å². The van der Waals surface area contributed by atoms with E-state index in [0.29, 0.717) is 103 Å². The van der Waals surface area contributed by atoms with Crippen LogP contribution in [0.5, 0.6) is 23.5 Å². The molecule has 4 aromatic heterocycles. The Balaban J connectivity index is 0.991. The highest BCUT2D eigenvalue weighted by atomic mass is 16.6. The summed E-state index contributed by atoms with van der Waals surface area (Å²) in [5, 5.41) is 34.8. The number of amides is 4. The minimum atomic E-state index is -3.68. The monoisotopic (exact) mass is 1940 g/mol. The van der Waals surface area contributed by atoms with Crippen LogP contribution in [0.25, 0.3) is 33.3 Å². The van der Waals surface area contributed by atoms with E-state index in [9.17, 15) is 38.7 Å². The molecule has 37 heteroatoms. The maximum Gasteiger partial charge on any atom is 0.320 e. The number of carbonyl (C=O) groups excluding carboxylic acids is 12. The third-order valence-electron chi connectivity index (χ3n) is 24.2. The minimum absolute atomic E-state index is 0.0148. The van der Waals surface area contributed by atoms with Crippen LogP contribution in [0.3, 0.4) is 0 Å². The van der Waals surface area contributed by atoms with E-state index < -0.39 is 115 Å². The molecule has 752 valence electrons. The molecular formula is C104H132N18O19. The maximum absolute atomic E-state index is 17.4. The van der Waals surface area contributed by atoms with Crippen LogP contribution in [-0.4, -0.2) is 205 Å². The van der Waals surface area contributed by atoms with Gasteiger partial charge in [0.05, 0.1) is 62.2 Å². The van der Waals surface area contributed by atoms with Gasteiger partial charge >= 0.3 is 6.01 Å². The zero-order valence-electron chi connectivity index (χ0n) is 81.3. The number of nitrogens with zero attached hydrogens (tertiary/aromatic N) is 9. The average Bonchev–Trinajstić information content (AvgIpc) is 1.37. The van der Waals surface area contributed by atoms with E-state index in [-0.39, 0.29) is 194 Å². The Morgan fingerprint density at radius 1 is 0.440 bits per heavy atom. The Kier molecular flexibility index (Phi) is 43.7. The van der Waals surface area contributed by atoms with E-state index in [1.54, 1.807) is 82.3 Å². The molecule has 10 rings (SSSR count). The number of ketones is 8. The number of methoxy groups -OCH3 is 3. The van der Waals surface area contributed by atoms with Crippen molar-refractivity contribution < 1.29 is 91.1 Å². The van der Waals surface area contributed by atoms with Gasteiger partial charge in [-0.3, -0.25) is 66.8 Å². The zero-order valence-corrected chi connectivity index (χ0v) is 81.3. The first-order valence-corrected chi connectivity index (χ1v) is 48.2. The molecule has 4 heterocycles. The average molecular weight is 1940 g/mol. The summed E-state index contributed by atoms with van der Waals surface area (Å²) < 4.78 is 36.3. The van der Waals surface area contributed by atoms with Crippen LogP contribution in [0.4, 0.5) is 17.3 Å². The number of unbranched alkanes of at least 4 members (excludes halogenated alkanes) is 1. The van der Waals surface area contributed by atoms with Crippen LogP contribution in [-0.2, 0) is 130 Å². The fraction of sp³-hybridized carbons (Fsp3) is 0.452. The first kappa shape index (κ1) is 109. The number of rotatable bonds is 67. The standard InChI is InChI=1S/C104H132N18O19/c1-7-13-82(112-90(127)47-43-77(123)39-35-67-19-27-71(61-105)28-20-67)95(131)104(96(132)83(14-8-2)113-91(128)48-44-78(124)40-36-68-21-29-72(62-106)30-22-68,97(133)84(15-9-3)114-92(129)49-45-79(125)41-37-69-23-31-73(63-107)32-24-69)98(134)85(115-93(130)50-46-80(126)42-38-70-25-33-74(34-26-70)64-122-101-94(116-103(122)135)99(108)117-102(118-101)141-57-54-138-6)18-10-11-51-121-65-87(119-120-121)75-16-12-17-76(58-75)111-100-81-59-88(139-55-52-136-4)89(140-56-53-137-5)60-86(81)109-66-110-100/h12,16-17,19-34,58-60,65-66,82-85H,7-11,13-15,18,35-57,61-64,105-107H2,1-6H3,(H,112,127)(H,113,128)(H,114,129)(H,115,130)(H,116,135)(H2,108,117,118)(H,109,110,111). The highest BCUT2D eigenvalue weighted by molar-refractivity contribution is 6.42. The number of aromatic hydroxyl groups is 1. The Hall–Kier alpha value is -13.9. The Morgan fingerprint density at radius 2 is 0.844 bits per heavy atom. The quantitative estimate of drug-likeness (QED) is 0.0125. The third-order valence-corrected chi connectivity index (χ3v) is 24.2. The predicted molar refractivity (Wildman–Crippen MR) is 529 cm³/mol. The molecule has 6 aromatic carbocycles. The van der Waals surface area contributed by atoms with E-state index in [1.165, 1.54) is 18.0 Å². The number of nitrogen functional groups attached to an aromatic ring is 1. The molecule has 0 saturated carbocycles. The summed E-state index contributed by atoms with van der Waals surface area (Å²) in [6.07, 6.45) is -0.301. The molecular weight excluding hydrogens is 1810 g/mol. The van der Waals surface area contributed by atoms with E-state index in [0.717, 1.165) is 38.9 Å². The van der Waals surface area contributed by atoms with Crippen LogP contribution in [0, 0.1) is 5.41 Å². The number of nitrogens with one attached hydrogen (secondary N) is 5. The number of anilines is 3. The molecule has 0 radical (unpaired) electrons. The van der Waals surface area contributed by atoms with E-state index >= 15 is 24.0 Å². The van der Waals surface area contributed by atoms with Gasteiger partial charge in [0, 0.05) is 147 Å². The molecule has 0 bridgehead atoms. The van der Waals surface area contributed by atoms with Crippen molar-refractivity contribution in [2.24, 2.45) is 22.6 Å². The summed E-state index contributed by atoms with van der Waals surface area (Å²) in [6.45, 7) is 7.57. The van der Waals surface area contributed by atoms with Gasteiger partial charge in [-0.1, -0.05) is 154 Å². The number of carbonyl (C=O) groups is 12. The van der Waals surface area contributed by atoms with Crippen LogP contribution in [0.1, 0.15) is 200 Å². The van der Waals surface area contributed by atoms with Crippen LogP contribution in [0.15, 0.2) is 146 Å². The normalized spacial score (nSPS) is 12.6. The second kappa shape index (κ2) is 56.4. The number of imidazole rings is 1. The van der Waals surface area contributed by atoms with Gasteiger partial charge in [-0.15, -0.1) is 5.10 Å². The number of hydrogen-bond donors (Lipinski definition) is 10. The number of hydrogen-bond acceptors (Lipinski definition) is 31. The molecule has 0 aliphatic heterocycles. The molecule has 10 aromatic rings. The van der Waals surface area contributed by atoms with Gasteiger partial charge in [0.25, 0.3) is 6.01 Å². The van der Waals surface area contributed by atoms with Crippen molar-refractivity contribution in [3.8, 4) is 34.8 Å².